The molecule has 0 aliphatic carbocycles. The smallest absolute Gasteiger partial charge is 0.342 e. The zero-order chi connectivity index (χ0) is 18.7. The predicted molar refractivity (Wildman–Crippen MR) is 91.6 cm³/mol. The molecule has 1 saturated heterocycles. The minimum Gasteiger partial charge on any atom is -0.342 e. The van der Waals surface area contributed by atoms with Gasteiger partial charge in [0, 0.05) is 37.4 Å². The maximum absolute atomic E-state index is 13.2. The van der Waals surface area contributed by atoms with Gasteiger partial charge in [0.25, 0.3) is 0 Å². The molecule has 0 saturated carbocycles. The minimum atomic E-state index is -4.55. The van der Waals surface area contributed by atoms with Crippen LogP contribution in [0.5, 0.6) is 0 Å². The lowest BCUT2D eigenvalue weighted by atomic mass is 10.1. The fourth-order valence-corrected chi connectivity index (χ4v) is 2.77. The van der Waals surface area contributed by atoms with Gasteiger partial charge in [-0.3, -0.25) is 4.79 Å². The molecule has 0 radical (unpaired) electrons. The van der Waals surface area contributed by atoms with Crippen LogP contribution in [-0.4, -0.2) is 47.5 Å². The third-order valence-electron chi connectivity index (χ3n) is 3.94. The van der Waals surface area contributed by atoms with E-state index in [1.165, 1.54) is 24.4 Å². The molecule has 0 bridgehead atoms. The molecule has 1 aromatic carbocycles. The van der Waals surface area contributed by atoms with Gasteiger partial charge < -0.3 is 15.1 Å². The van der Waals surface area contributed by atoms with E-state index >= 15 is 0 Å². The van der Waals surface area contributed by atoms with Gasteiger partial charge in [-0.1, -0.05) is 11.6 Å². The monoisotopic (exact) mass is 385 g/mol. The lowest BCUT2D eigenvalue weighted by Gasteiger charge is -2.32. The molecule has 138 valence electrons. The first-order valence-corrected chi connectivity index (χ1v) is 8.16. The Kier molecular flexibility index (Phi) is 5.17. The van der Waals surface area contributed by atoms with E-state index in [0.717, 1.165) is 12.5 Å². The van der Waals surface area contributed by atoms with Crippen molar-refractivity contribution >= 4 is 35.5 Å². The second-order valence-electron chi connectivity index (χ2n) is 5.68. The number of hydrogen-bond donors (Lipinski definition) is 1. The SMILES string of the molecule is O=CN1CCN(c2nccc(Nc3ccc(Cl)cc3C(F)(F)F)n2)CC1. The minimum absolute atomic E-state index is 0.000648. The van der Waals surface area contributed by atoms with Gasteiger partial charge in [-0.05, 0) is 24.3 Å². The number of aromatic nitrogens is 2. The average molecular weight is 386 g/mol. The highest BCUT2D eigenvalue weighted by molar-refractivity contribution is 6.30. The Labute approximate surface area is 152 Å². The highest BCUT2D eigenvalue weighted by atomic mass is 35.5. The number of alkyl halides is 3. The average Bonchev–Trinajstić information content (AvgIpc) is 2.63. The molecule has 0 unspecified atom stereocenters. The summed E-state index contributed by atoms with van der Waals surface area (Å²) in [7, 11) is 0. The maximum Gasteiger partial charge on any atom is 0.418 e. The number of carbonyl (C=O) groups excluding carboxylic acids is 1. The van der Waals surface area contributed by atoms with Gasteiger partial charge in [0.2, 0.25) is 12.4 Å². The molecular weight excluding hydrogens is 371 g/mol. The van der Waals surface area contributed by atoms with E-state index in [1.54, 1.807) is 4.90 Å². The van der Waals surface area contributed by atoms with Crippen molar-refractivity contribution < 1.29 is 18.0 Å². The third-order valence-corrected chi connectivity index (χ3v) is 4.17. The molecule has 3 rings (SSSR count). The number of carbonyl (C=O) groups is 1. The van der Waals surface area contributed by atoms with Crippen molar-refractivity contribution in [1.29, 1.82) is 0 Å². The normalized spacial score (nSPS) is 15.1. The van der Waals surface area contributed by atoms with Gasteiger partial charge >= 0.3 is 6.18 Å². The third kappa shape index (κ3) is 4.16. The maximum atomic E-state index is 13.2. The first kappa shape index (κ1) is 18.2. The van der Waals surface area contributed by atoms with Crippen molar-refractivity contribution in [3.63, 3.8) is 0 Å². The van der Waals surface area contributed by atoms with Crippen LogP contribution in [0.4, 0.5) is 30.6 Å². The van der Waals surface area contributed by atoms with Gasteiger partial charge in [0.05, 0.1) is 11.3 Å². The largest absolute Gasteiger partial charge is 0.418 e. The van der Waals surface area contributed by atoms with Crippen LogP contribution in [0, 0.1) is 0 Å². The van der Waals surface area contributed by atoms with Crippen molar-refractivity contribution in [2.24, 2.45) is 0 Å². The fourth-order valence-electron chi connectivity index (χ4n) is 2.60. The van der Waals surface area contributed by atoms with E-state index in [9.17, 15) is 18.0 Å². The Morgan fingerprint density at radius 3 is 2.54 bits per heavy atom. The predicted octanol–water partition coefficient (Wildman–Crippen LogP) is 3.17. The highest BCUT2D eigenvalue weighted by Crippen LogP contribution is 2.37. The molecule has 1 aromatic heterocycles. The number of rotatable bonds is 4. The Balaban J connectivity index is 1.81. The lowest BCUT2D eigenvalue weighted by molar-refractivity contribution is -0.136. The van der Waals surface area contributed by atoms with Crippen LogP contribution >= 0.6 is 11.6 Å². The van der Waals surface area contributed by atoms with Gasteiger partial charge in [-0.2, -0.15) is 18.2 Å². The molecule has 1 N–H and O–H groups in total. The standard InChI is InChI=1S/C16H15ClF3N5O/c17-11-1-2-13(12(9-11)16(18,19)20)22-14-3-4-21-15(23-14)25-7-5-24(10-26)6-8-25/h1-4,9-10H,5-8H2,(H,21,22,23). The first-order chi connectivity index (χ1) is 12.4. The van der Waals surface area contributed by atoms with Crippen LogP contribution < -0.4 is 10.2 Å². The molecule has 1 aliphatic rings. The van der Waals surface area contributed by atoms with Crippen molar-refractivity contribution in [3.8, 4) is 0 Å². The number of benzene rings is 1. The Morgan fingerprint density at radius 1 is 1.15 bits per heavy atom. The van der Waals surface area contributed by atoms with E-state index < -0.39 is 11.7 Å². The second-order valence-corrected chi connectivity index (χ2v) is 6.12. The molecule has 6 nitrogen and oxygen atoms in total. The molecule has 10 heteroatoms. The summed E-state index contributed by atoms with van der Waals surface area (Å²) < 4.78 is 39.6. The molecule has 0 atom stereocenters. The number of halogens is 4. The van der Waals surface area contributed by atoms with Crippen molar-refractivity contribution in [2.75, 3.05) is 36.4 Å². The first-order valence-electron chi connectivity index (χ1n) is 7.78. The van der Waals surface area contributed by atoms with Crippen LogP contribution in [0.2, 0.25) is 5.02 Å². The summed E-state index contributed by atoms with van der Waals surface area (Å²) in [5.41, 5.74) is -1.01. The number of nitrogens with zero attached hydrogens (tertiary/aromatic N) is 4. The number of hydrogen-bond acceptors (Lipinski definition) is 5. The van der Waals surface area contributed by atoms with E-state index in [-0.39, 0.29) is 16.5 Å². The fraction of sp³-hybridized carbons (Fsp3) is 0.312. The summed E-state index contributed by atoms with van der Waals surface area (Å²) in [6.45, 7) is 2.19. The van der Waals surface area contributed by atoms with E-state index in [0.29, 0.717) is 32.1 Å². The zero-order valence-corrected chi connectivity index (χ0v) is 14.3. The van der Waals surface area contributed by atoms with Crippen LogP contribution in [0.1, 0.15) is 5.56 Å². The van der Waals surface area contributed by atoms with Crippen LogP contribution in [0.3, 0.4) is 0 Å². The summed E-state index contributed by atoms with van der Waals surface area (Å²) in [6, 6.07) is 4.99. The lowest BCUT2D eigenvalue weighted by Crippen LogP contribution is -2.46. The van der Waals surface area contributed by atoms with Crippen molar-refractivity contribution in [3.05, 3.63) is 41.0 Å². The van der Waals surface area contributed by atoms with E-state index in [4.69, 9.17) is 11.6 Å². The molecule has 2 aromatic rings. The molecule has 2 heterocycles. The van der Waals surface area contributed by atoms with Gasteiger partial charge in [0.1, 0.15) is 5.82 Å². The molecule has 1 aliphatic heterocycles. The number of amides is 1. The van der Waals surface area contributed by atoms with Crippen LogP contribution in [-0.2, 0) is 11.0 Å². The van der Waals surface area contributed by atoms with Gasteiger partial charge in [-0.25, -0.2) is 4.98 Å². The number of anilines is 3. The highest BCUT2D eigenvalue weighted by Gasteiger charge is 2.34. The summed E-state index contributed by atoms with van der Waals surface area (Å²) >= 11 is 5.69. The Hall–Kier alpha value is -2.55. The molecule has 26 heavy (non-hydrogen) atoms. The summed E-state index contributed by atoms with van der Waals surface area (Å²) in [6.07, 6.45) is -2.29. The molecule has 0 spiro atoms. The number of piperazine rings is 1. The quantitative estimate of drug-likeness (QED) is 0.819. The summed E-state index contributed by atoms with van der Waals surface area (Å²) in [5, 5.41) is 2.68. The summed E-state index contributed by atoms with van der Waals surface area (Å²) in [5.74, 6) is 0.628. The molecule has 1 fully saturated rings. The van der Waals surface area contributed by atoms with Crippen LogP contribution in [0.25, 0.3) is 0 Å². The Bertz CT molecular complexity index is 794. The van der Waals surface area contributed by atoms with Crippen molar-refractivity contribution in [2.45, 2.75) is 6.18 Å². The summed E-state index contributed by atoms with van der Waals surface area (Å²) in [4.78, 5) is 22.7. The Morgan fingerprint density at radius 2 is 1.88 bits per heavy atom. The molecular formula is C16H15ClF3N5O. The van der Waals surface area contributed by atoms with Gasteiger partial charge in [0.15, 0.2) is 0 Å². The molecule has 1 amide bonds. The second kappa shape index (κ2) is 7.36. The van der Waals surface area contributed by atoms with E-state index in [1.807, 2.05) is 4.90 Å². The van der Waals surface area contributed by atoms with Crippen LogP contribution in [0.15, 0.2) is 30.5 Å². The van der Waals surface area contributed by atoms with Gasteiger partial charge in [-0.15, -0.1) is 0 Å². The van der Waals surface area contributed by atoms with Crippen molar-refractivity contribution in [1.82, 2.24) is 14.9 Å². The van der Waals surface area contributed by atoms with E-state index in [2.05, 4.69) is 15.3 Å². The number of nitrogens with one attached hydrogen (secondary N) is 1. The topological polar surface area (TPSA) is 61.4 Å². The zero-order valence-electron chi connectivity index (χ0n) is 13.5.